The Morgan fingerprint density at radius 1 is 1.28 bits per heavy atom. The van der Waals surface area contributed by atoms with Crippen LogP contribution in [-0.4, -0.2) is 11.0 Å². The first kappa shape index (κ1) is 13.2. The fraction of sp³-hybridized carbons (Fsp3) is 0.333. The summed E-state index contributed by atoms with van der Waals surface area (Å²) >= 11 is 12.1. The van der Waals surface area contributed by atoms with Crippen molar-refractivity contribution < 1.29 is 4.92 Å². The maximum atomic E-state index is 10.7. The zero-order valence-electron chi connectivity index (χ0n) is 9.53. The molecule has 0 heterocycles. The van der Waals surface area contributed by atoms with Crippen LogP contribution in [0.1, 0.15) is 19.3 Å². The van der Waals surface area contributed by atoms with Gasteiger partial charge in [0.2, 0.25) is 0 Å². The van der Waals surface area contributed by atoms with Crippen molar-refractivity contribution in [3.8, 4) is 0 Å². The number of rotatable bonds is 3. The number of halogens is 2. The van der Waals surface area contributed by atoms with E-state index in [-0.39, 0.29) is 21.8 Å². The van der Waals surface area contributed by atoms with Gasteiger partial charge < -0.3 is 5.32 Å². The molecule has 0 spiro atoms. The summed E-state index contributed by atoms with van der Waals surface area (Å²) in [5.74, 6) is 0. The highest BCUT2D eigenvalue weighted by molar-refractivity contribution is 6.39. The first-order valence-electron chi connectivity index (χ1n) is 5.63. The van der Waals surface area contributed by atoms with E-state index < -0.39 is 4.92 Å². The molecule has 1 atom stereocenters. The van der Waals surface area contributed by atoms with Gasteiger partial charge in [0, 0.05) is 18.2 Å². The molecule has 0 aromatic heterocycles. The molecule has 0 saturated carbocycles. The molecule has 6 heteroatoms. The number of non-ortho nitro benzene ring substituents is 1. The zero-order valence-corrected chi connectivity index (χ0v) is 11.0. The Morgan fingerprint density at radius 2 is 1.94 bits per heavy atom. The van der Waals surface area contributed by atoms with Crippen molar-refractivity contribution in [2.75, 3.05) is 5.32 Å². The van der Waals surface area contributed by atoms with E-state index in [9.17, 15) is 10.1 Å². The number of nitro groups is 1. The molecular formula is C12H12Cl2N2O2. The number of nitrogens with one attached hydrogen (secondary N) is 1. The third-order valence-corrected chi connectivity index (χ3v) is 3.45. The predicted octanol–water partition coefficient (Wildman–Crippen LogP) is 4.42. The maximum absolute atomic E-state index is 10.7. The van der Waals surface area contributed by atoms with E-state index in [1.165, 1.54) is 12.1 Å². The van der Waals surface area contributed by atoms with Gasteiger partial charge in [-0.25, -0.2) is 0 Å². The third kappa shape index (κ3) is 2.94. The molecule has 18 heavy (non-hydrogen) atoms. The van der Waals surface area contributed by atoms with Gasteiger partial charge in [-0.15, -0.1) is 0 Å². The predicted molar refractivity (Wildman–Crippen MR) is 73.5 cm³/mol. The molecule has 0 fully saturated rings. The number of hydrogen-bond acceptors (Lipinski definition) is 3. The van der Waals surface area contributed by atoms with E-state index in [2.05, 4.69) is 17.5 Å². The van der Waals surface area contributed by atoms with Crippen molar-refractivity contribution >= 4 is 34.6 Å². The minimum Gasteiger partial charge on any atom is -0.380 e. The summed E-state index contributed by atoms with van der Waals surface area (Å²) < 4.78 is 0. The Balaban J connectivity index is 2.22. The van der Waals surface area contributed by atoms with Crippen LogP contribution in [0, 0.1) is 10.1 Å². The van der Waals surface area contributed by atoms with Crippen LogP contribution in [0.2, 0.25) is 10.0 Å². The van der Waals surface area contributed by atoms with E-state index in [1.54, 1.807) is 0 Å². The minimum atomic E-state index is -0.509. The van der Waals surface area contributed by atoms with Crippen LogP contribution in [-0.2, 0) is 0 Å². The topological polar surface area (TPSA) is 55.2 Å². The molecule has 2 rings (SSSR count). The molecule has 4 nitrogen and oxygen atoms in total. The first-order valence-corrected chi connectivity index (χ1v) is 6.38. The Hall–Kier alpha value is -1.26. The number of allylic oxidation sites excluding steroid dienone is 1. The van der Waals surface area contributed by atoms with Crippen LogP contribution < -0.4 is 5.32 Å². The van der Waals surface area contributed by atoms with Gasteiger partial charge in [-0.2, -0.15) is 0 Å². The lowest BCUT2D eigenvalue weighted by molar-refractivity contribution is -0.384. The molecule has 0 bridgehead atoms. The fourth-order valence-corrected chi connectivity index (χ4v) is 2.52. The van der Waals surface area contributed by atoms with Crippen LogP contribution in [0.5, 0.6) is 0 Å². The summed E-state index contributed by atoms with van der Waals surface area (Å²) in [7, 11) is 0. The van der Waals surface area contributed by atoms with Crippen molar-refractivity contribution in [1.82, 2.24) is 0 Å². The molecule has 0 radical (unpaired) electrons. The smallest absolute Gasteiger partial charge is 0.272 e. The van der Waals surface area contributed by atoms with Crippen LogP contribution in [0.25, 0.3) is 0 Å². The maximum Gasteiger partial charge on any atom is 0.272 e. The Morgan fingerprint density at radius 3 is 2.44 bits per heavy atom. The molecule has 1 unspecified atom stereocenters. The average molecular weight is 287 g/mol. The van der Waals surface area contributed by atoms with Crippen LogP contribution in [0.4, 0.5) is 11.4 Å². The van der Waals surface area contributed by atoms with E-state index in [4.69, 9.17) is 23.2 Å². The average Bonchev–Trinajstić information content (AvgIpc) is 2.34. The summed E-state index contributed by atoms with van der Waals surface area (Å²) in [5.41, 5.74) is 0.475. The standard InChI is InChI=1S/C12H12Cl2N2O2/c13-10-6-9(16(17)18)7-11(14)12(10)15-8-4-2-1-3-5-8/h1-2,6-8,15H,3-5H2. The van der Waals surface area contributed by atoms with Gasteiger partial charge in [-0.1, -0.05) is 35.4 Å². The lowest BCUT2D eigenvalue weighted by atomic mass is 10.0. The van der Waals surface area contributed by atoms with Gasteiger partial charge >= 0.3 is 0 Å². The van der Waals surface area contributed by atoms with E-state index in [0.29, 0.717) is 5.69 Å². The minimum absolute atomic E-state index is 0.0981. The number of hydrogen-bond donors (Lipinski definition) is 1. The molecular weight excluding hydrogens is 275 g/mol. The lowest BCUT2D eigenvalue weighted by Crippen LogP contribution is -2.20. The van der Waals surface area contributed by atoms with E-state index in [1.807, 2.05) is 0 Å². The van der Waals surface area contributed by atoms with Gasteiger partial charge in [-0.05, 0) is 19.3 Å². The van der Waals surface area contributed by atoms with Gasteiger partial charge in [-0.3, -0.25) is 10.1 Å². The summed E-state index contributed by atoms with van der Waals surface area (Å²) in [5, 5.41) is 14.5. The molecule has 1 aliphatic rings. The zero-order chi connectivity index (χ0) is 13.1. The molecule has 1 N–H and O–H groups in total. The van der Waals surface area contributed by atoms with Crippen LogP contribution in [0.3, 0.4) is 0 Å². The van der Waals surface area contributed by atoms with Crippen molar-refractivity contribution in [1.29, 1.82) is 0 Å². The number of benzene rings is 1. The monoisotopic (exact) mass is 286 g/mol. The van der Waals surface area contributed by atoms with Gasteiger partial charge in [0.05, 0.1) is 20.7 Å². The molecule has 96 valence electrons. The summed E-state index contributed by atoms with van der Waals surface area (Å²) in [6.07, 6.45) is 7.16. The Kier molecular flexibility index (Phi) is 4.09. The van der Waals surface area contributed by atoms with Crippen molar-refractivity contribution in [3.63, 3.8) is 0 Å². The SMILES string of the molecule is O=[N+]([O-])c1cc(Cl)c(NC2CC=CCC2)c(Cl)c1. The third-order valence-electron chi connectivity index (χ3n) is 2.86. The van der Waals surface area contributed by atoms with Gasteiger partial charge in [0.1, 0.15) is 0 Å². The van der Waals surface area contributed by atoms with E-state index >= 15 is 0 Å². The van der Waals surface area contributed by atoms with Gasteiger partial charge in [0.15, 0.2) is 0 Å². The van der Waals surface area contributed by atoms with Crippen molar-refractivity contribution in [2.45, 2.75) is 25.3 Å². The van der Waals surface area contributed by atoms with Crippen LogP contribution in [0.15, 0.2) is 24.3 Å². The number of nitrogens with zero attached hydrogens (tertiary/aromatic N) is 1. The van der Waals surface area contributed by atoms with Crippen molar-refractivity contribution in [3.05, 3.63) is 44.4 Å². The molecule has 0 saturated heterocycles. The van der Waals surface area contributed by atoms with Gasteiger partial charge in [0.25, 0.3) is 5.69 Å². The highest BCUT2D eigenvalue weighted by Gasteiger charge is 2.17. The largest absolute Gasteiger partial charge is 0.380 e. The second-order valence-electron chi connectivity index (χ2n) is 4.17. The molecule has 1 aromatic carbocycles. The highest BCUT2D eigenvalue weighted by Crippen LogP contribution is 2.35. The summed E-state index contributed by atoms with van der Waals surface area (Å²) in [6, 6.07) is 2.90. The summed E-state index contributed by atoms with van der Waals surface area (Å²) in [6.45, 7) is 0. The highest BCUT2D eigenvalue weighted by atomic mass is 35.5. The first-order chi connectivity index (χ1) is 8.58. The second-order valence-corrected chi connectivity index (χ2v) is 4.98. The molecule has 1 aliphatic carbocycles. The summed E-state index contributed by atoms with van der Waals surface area (Å²) in [4.78, 5) is 10.2. The lowest BCUT2D eigenvalue weighted by Gasteiger charge is -2.22. The molecule has 0 aliphatic heterocycles. The Labute approximate surface area is 115 Å². The van der Waals surface area contributed by atoms with Crippen LogP contribution >= 0.6 is 23.2 Å². The van der Waals surface area contributed by atoms with E-state index in [0.717, 1.165) is 19.3 Å². The second kappa shape index (κ2) is 5.59. The van der Waals surface area contributed by atoms with Crippen molar-refractivity contribution in [2.24, 2.45) is 0 Å². The quantitative estimate of drug-likeness (QED) is 0.508. The fourth-order valence-electron chi connectivity index (χ4n) is 1.93. The number of anilines is 1. The molecule has 0 amide bonds. The normalized spacial score (nSPS) is 18.7. The number of nitro benzene ring substituents is 1. The Bertz CT molecular complexity index is 480. The molecule has 1 aromatic rings.